The summed E-state index contributed by atoms with van der Waals surface area (Å²) >= 11 is 5.75. The van der Waals surface area contributed by atoms with Crippen LogP contribution in [0.2, 0.25) is 5.02 Å². The van der Waals surface area contributed by atoms with Gasteiger partial charge in [-0.2, -0.15) is 0 Å². The number of anilines is 2. The second kappa shape index (κ2) is 9.12. The Morgan fingerprint density at radius 1 is 0.846 bits per heavy atom. The number of carboxylic acid groups (broad SMARTS) is 1. The average Bonchev–Trinajstić information content (AvgIpc) is 2.57. The number of benzene rings is 2. The van der Waals surface area contributed by atoms with Gasteiger partial charge in [-0.25, -0.2) is 4.79 Å². The Kier molecular flexibility index (Phi) is 6.88. The van der Waals surface area contributed by atoms with Crippen LogP contribution in [-0.4, -0.2) is 38.6 Å². The van der Waals surface area contributed by atoms with Crippen LogP contribution in [0.5, 0.6) is 0 Å². The summed E-state index contributed by atoms with van der Waals surface area (Å²) in [5.41, 5.74) is 0.979. The molecule has 0 fully saturated rings. The maximum atomic E-state index is 11.9. The molecule has 136 valence electrons. The van der Waals surface area contributed by atoms with Crippen molar-refractivity contribution in [3.63, 3.8) is 0 Å². The summed E-state index contributed by atoms with van der Waals surface area (Å²) in [5, 5.41) is 14.4. The van der Waals surface area contributed by atoms with Gasteiger partial charge in [0.2, 0.25) is 11.8 Å². The van der Waals surface area contributed by atoms with Crippen LogP contribution in [0.4, 0.5) is 11.4 Å². The number of amides is 2. The Labute approximate surface area is 156 Å². The number of carbonyl (C=O) groups excluding carboxylic acids is 2. The average molecular weight is 395 g/mol. The molecular formula is C17H15ClN2O5S. The molecule has 0 aliphatic rings. The SMILES string of the molecule is O=C(CS(=O)CC(=O)Nc1ccc(C(=O)O)cc1)Nc1ccc(Cl)cc1. The number of carbonyl (C=O) groups is 3. The third-order valence-electron chi connectivity index (χ3n) is 3.13. The fourth-order valence-corrected chi connectivity index (χ4v) is 2.92. The maximum Gasteiger partial charge on any atom is 0.335 e. The van der Waals surface area contributed by atoms with Crippen molar-refractivity contribution < 1.29 is 23.7 Å². The number of aromatic carboxylic acids is 1. The van der Waals surface area contributed by atoms with E-state index in [2.05, 4.69) is 10.6 Å². The van der Waals surface area contributed by atoms with Gasteiger partial charge in [-0.3, -0.25) is 13.8 Å². The van der Waals surface area contributed by atoms with Crippen LogP contribution in [0.3, 0.4) is 0 Å². The molecule has 1 unspecified atom stereocenters. The van der Waals surface area contributed by atoms with Crippen molar-refractivity contribution in [1.82, 2.24) is 0 Å². The lowest BCUT2D eigenvalue weighted by Crippen LogP contribution is -2.26. The quantitative estimate of drug-likeness (QED) is 0.667. The number of nitrogens with one attached hydrogen (secondary N) is 2. The fourth-order valence-electron chi connectivity index (χ4n) is 1.97. The number of hydrogen-bond donors (Lipinski definition) is 3. The molecule has 0 saturated heterocycles. The van der Waals surface area contributed by atoms with Crippen LogP contribution in [0.1, 0.15) is 10.4 Å². The highest BCUT2D eigenvalue weighted by Gasteiger charge is 2.13. The van der Waals surface area contributed by atoms with Crippen molar-refractivity contribution in [1.29, 1.82) is 0 Å². The zero-order chi connectivity index (χ0) is 19.1. The molecule has 0 aliphatic carbocycles. The second-order valence-corrected chi connectivity index (χ2v) is 7.11. The van der Waals surface area contributed by atoms with Crippen LogP contribution in [0.15, 0.2) is 48.5 Å². The molecule has 0 radical (unpaired) electrons. The van der Waals surface area contributed by atoms with E-state index in [1.165, 1.54) is 24.3 Å². The highest BCUT2D eigenvalue weighted by Crippen LogP contribution is 2.13. The van der Waals surface area contributed by atoms with Crippen LogP contribution in [-0.2, 0) is 20.4 Å². The van der Waals surface area contributed by atoms with Gasteiger partial charge in [-0.15, -0.1) is 0 Å². The van der Waals surface area contributed by atoms with Crippen molar-refractivity contribution in [2.75, 3.05) is 22.1 Å². The topological polar surface area (TPSA) is 113 Å². The van der Waals surface area contributed by atoms with Gasteiger partial charge in [0.25, 0.3) is 0 Å². The van der Waals surface area contributed by atoms with E-state index >= 15 is 0 Å². The molecule has 9 heteroatoms. The standard InChI is InChI=1S/C17H15ClN2O5S/c18-12-3-7-14(8-4-12)20-16(22)10-26(25)9-15(21)19-13-5-1-11(2-6-13)17(23)24/h1-8H,9-10H2,(H,19,21)(H,20,22)(H,23,24). The van der Waals surface area contributed by atoms with Crippen molar-refractivity contribution >= 4 is 51.6 Å². The third-order valence-corrected chi connectivity index (χ3v) is 4.55. The predicted octanol–water partition coefficient (Wildman–Crippen LogP) is 2.36. The Morgan fingerprint density at radius 3 is 1.69 bits per heavy atom. The highest BCUT2D eigenvalue weighted by molar-refractivity contribution is 7.86. The molecule has 26 heavy (non-hydrogen) atoms. The molecule has 0 aliphatic heterocycles. The van der Waals surface area contributed by atoms with Gasteiger partial charge in [0, 0.05) is 27.2 Å². The van der Waals surface area contributed by atoms with Gasteiger partial charge >= 0.3 is 5.97 Å². The Morgan fingerprint density at radius 2 is 1.27 bits per heavy atom. The lowest BCUT2D eigenvalue weighted by atomic mass is 10.2. The van der Waals surface area contributed by atoms with E-state index in [4.69, 9.17) is 16.7 Å². The Balaban J connectivity index is 1.80. The second-order valence-electron chi connectivity index (χ2n) is 5.21. The summed E-state index contributed by atoms with van der Waals surface area (Å²) in [6.07, 6.45) is 0. The maximum absolute atomic E-state index is 11.9. The lowest BCUT2D eigenvalue weighted by molar-refractivity contribution is -0.114. The van der Waals surface area contributed by atoms with E-state index in [0.717, 1.165) is 0 Å². The minimum atomic E-state index is -1.69. The molecule has 1 atom stereocenters. The number of halogens is 1. The monoisotopic (exact) mass is 394 g/mol. The molecule has 0 bridgehead atoms. The smallest absolute Gasteiger partial charge is 0.335 e. The summed E-state index contributed by atoms with van der Waals surface area (Å²) in [7, 11) is -1.69. The van der Waals surface area contributed by atoms with Gasteiger partial charge < -0.3 is 15.7 Å². The van der Waals surface area contributed by atoms with E-state index in [0.29, 0.717) is 16.4 Å². The molecule has 0 aromatic heterocycles. The summed E-state index contributed by atoms with van der Waals surface area (Å²) in [6.45, 7) is 0. The third kappa shape index (κ3) is 6.30. The molecule has 3 N–H and O–H groups in total. The van der Waals surface area contributed by atoms with Crippen molar-refractivity contribution in [3.05, 3.63) is 59.1 Å². The Bertz CT molecular complexity index is 837. The molecule has 2 aromatic rings. The van der Waals surface area contributed by atoms with E-state index in [1.807, 2.05) is 0 Å². The zero-order valence-corrected chi connectivity index (χ0v) is 15.0. The molecular weight excluding hydrogens is 380 g/mol. The first-order chi connectivity index (χ1) is 12.3. The lowest BCUT2D eigenvalue weighted by Gasteiger charge is -2.07. The number of hydrogen-bond acceptors (Lipinski definition) is 4. The van der Waals surface area contributed by atoms with Gasteiger partial charge in [0.15, 0.2) is 0 Å². The molecule has 2 aromatic carbocycles. The first-order valence-electron chi connectivity index (χ1n) is 7.37. The summed E-state index contributed by atoms with van der Waals surface area (Å²) in [5.74, 6) is -2.77. The van der Waals surface area contributed by atoms with Crippen molar-refractivity contribution in [2.24, 2.45) is 0 Å². The van der Waals surface area contributed by atoms with Gasteiger partial charge in [-0.1, -0.05) is 11.6 Å². The van der Waals surface area contributed by atoms with E-state index in [1.54, 1.807) is 24.3 Å². The minimum absolute atomic E-state index is 0.0884. The van der Waals surface area contributed by atoms with Gasteiger partial charge in [0.05, 0.1) is 5.56 Å². The highest BCUT2D eigenvalue weighted by atomic mass is 35.5. The summed E-state index contributed by atoms with van der Waals surface area (Å²) in [6, 6.07) is 12.0. The van der Waals surface area contributed by atoms with E-state index in [9.17, 15) is 18.6 Å². The summed E-state index contributed by atoms with van der Waals surface area (Å²) in [4.78, 5) is 34.4. The molecule has 0 saturated carbocycles. The number of rotatable bonds is 7. The van der Waals surface area contributed by atoms with Crippen molar-refractivity contribution in [2.45, 2.75) is 0 Å². The molecule has 2 rings (SSSR count). The van der Waals surface area contributed by atoms with E-state index < -0.39 is 28.6 Å². The zero-order valence-electron chi connectivity index (χ0n) is 13.4. The molecule has 2 amide bonds. The first-order valence-corrected chi connectivity index (χ1v) is 9.23. The van der Waals surface area contributed by atoms with Crippen LogP contribution in [0, 0.1) is 0 Å². The van der Waals surface area contributed by atoms with Crippen LogP contribution in [0.25, 0.3) is 0 Å². The predicted molar refractivity (Wildman–Crippen MR) is 100.0 cm³/mol. The molecule has 0 spiro atoms. The van der Waals surface area contributed by atoms with Crippen LogP contribution >= 0.6 is 11.6 Å². The van der Waals surface area contributed by atoms with Gasteiger partial charge in [0.1, 0.15) is 11.5 Å². The first kappa shape index (κ1) is 19.6. The van der Waals surface area contributed by atoms with Crippen LogP contribution < -0.4 is 10.6 Å². The summed E-state index contributed by atoms with van der Waals surface area (Å²) < 4.78 is 11.9. The largest absolute Gasteiger partial charge is 0.478 e. The fraction of sp³-hybridized carbons (Fsp3) is 0.118. The molecule has 0 heterocycles. The van der Waals surface area contributed by atoms with Crippen molar-refractivity contribution in [3.8, 4) is 0 Å². The normalized spacial score (nSPS) is 11.4. The van der Waals surface area contributed by atoms with Gasteiger partial charge in [-0.05, 0) is 48.5 Å². The minimum Gasteiger partial charge on any atom is -0.478 e. The molecule has 7 nitrogen and oxygen atoms in total. The number of carboxylic acids is 1. The Hall–Kier alpha value is -2.71. The van der Waals surface area contributed by atoms with E-state index in [-0.39, 0.29) is 17.1 Å².